The fourth-order valence-corrected chi connectivity index (χ4v) is 1.70. The van der Waals surface area contributed by atoms with Crippen LogP contribution in [0.4, 0.5) is 17.6 Å². The van der Waals surface area contributed by atoms with Crippen LogP contribution in [-0.2, 0) is 17.5 Å². The van der Waals surface area contributed by atoms with Gasteiger partial charge in [0.15, 0.2) is 0 Å². The molecule has 1 aromatic carbocycles. The SMILES string of the molecule is CCC(C)OCc1nc(-c2ccc(F)cc2C(F)(F)F)no1. The predicted octanol–water partition coefficient (Wildman–Crippen LogP) is 4.21. The van der Waals surface area contributed by atoms with E-state index in [1.54, 1.807) is 0 Å². The highest BCUT2D eigenvalue weighted by atomic mass is 19.4. The summed E-state index contributed by atoms with van der Waals surface area (Å²) in [7, 11) is 0. The molecule has 22 heavy (non-hydrogen) atoms. The summed E-state index contributed by atoms with van der Waals surface area (Å²) < 4.78 is 62.1. The van der Waals surface area contributed by atoms with Crippen molar-refractivity contribution in [3.63, 3.8) is 0 Å². The molecule has 0 saturated heterocycles. The third-order valence-electron chi connectivity index (χ3n) is 3.06. The van der Waals surface area contributed by atoms with Gasteiger partial charge >= 0.3 is 6.18 Å². The maximum absolute atomic E-state index is 13.1. The van der Waals surface area contributed by atoms with Crippen molar-refractivity contribution in [3.05, 3.63) is 35.5 Å². The van der Waals surface area contributed by atoms with Gasteiger partial charge in [0, 0.05) is 5.56 Å². The molecule has 0 amide bonds. The van der Waals surface area contributed by atoms with E-state index in [2.05, 4.69) is 10.1 Å². The van der Waals surface area contributed by atoms with E-state index in [4.69, 9.17) is 9.26 Å². The van der Waals surface area contributed by atoms with Crippen LogP contribution >= 0.6 is 0 Å². The van der Waals surface area contributed by atoms with Crippen molar-refractivity contribution in [1.29, 1.82) is 0 Å². The molecule has 0 fully saturated rings. The highest BCUT2D eigenvalue weighted by molar-refractivity contribution is 5.60. The van der Waals surface area contributed by atoms with E-state index < -0.39 is 17.6 Å². The van der Waals surface area contributed by atoms with Crippen molar-refractivity contribution >= 4 is 0 Å². The molecular weight excluding hydrogens is 304 g/mol. The van der Waals surface area contributed by atoms with Gasteiger partial charge in [-0.1, -0.05) is 12.1 Å². The molecule has 0 saturated carbocycles. The van der Waals surface area contributed by atoms with Crippen molar-refractivity contribution in [2.45, 2.75) is 39.2 Å². The first-order valence-corrected chi connectivity index (χ1v) is 6.62. The van der Waals surface area contributed by atoms with Crippen LogP contribution in [-0.4, -0.2) is 16.2 Å². The maximum Gasteiger partial charge on any atom is 0.417 e. The van der Waals surface area contributed by atoms with Crippen LogP contribution in [0.5, 0.6) is 0 Å². The lowest BCUT2D eigenvalue weighted by molar-refractivity contribution is -0.137. The number of aromatic nitrogens is 2. The minimum atomic E-state index is -4.72. The second-order valence-electron chi connectivity index (χ2n) is 4.73. The van der Waals surface area contributed by atoms with Gasteiger partial charge in [-0.3, -0.25) is 0 Å². The Balaban J connectivity index is 2.28. The molecule has 4 nitrogen and oxygen atoms in total. The van der Waals surface area contributed by atoms with Gasteiger partial charge < -0.3 is 9.26 Å². The van der Waals surface area contributed by atoms with Crippen molar-refractivity contribution < 1.29 is 26.8 Å². The third-order valence-corrected chi connectivity index (χ3v) is 3.06. The lowest BCUT2D eigenvalue weighted by Crippen LogP contribution is -2.08. The topological polar surface area (TPSA) is 48.2 Å². The number of rotatable bonds is 5. The normalized spacial score (nSPS) is 13.4. The van der Waals surface area contributed by atoms with Crippen LogP contribution in [0.1, 0.15) is 31.7 Å². The number of hydrogen-bond donors (Lipinski definition) is 0. The first-order chi connectivity index (χ1) is 10.3. The quantitative estimate of drug-likeness (QED) is 0.775. The molecule has 0 N–H and O–H groups in total. The summed E-state index contributed by atoms with van der Waals surface area (Å²) in [5, 5.41) is 3.51. The average molecular weight is 318 g/mol. The minimum absolute atomic E-state index is 0.00452. The summed E-state index contributed by atoms with van der Waals surface area (Å²) in [5.74, 6) is -1.18. The van der Waals surface area contributed by atoms with Crippen molar-refractivity contribution in [1.82, 2.24) is 10.1 Å². The highest BCUT2D eigenvalue weighted by Gasteiger charge is 2.35. The summed E-state index contributed by atoms with van der Waals surface area (Å²) in [6.07, 6.45) is -3.98. The summed E-state index contributed by atoms with van der Waals surface area (Å²) in [6, 6.07) is 2.29. The largest absolute Gasteiger partial charge is 0.417 e. The number of alkyl halides is 3. The second kappa shape index (κ2) is 6.43. The van der Waals surface area contributed by atoms with Crippen LogP contribution in [0.3, 0.4) is 0 Å². The molecule has 1 unspecified atom stereocenters. The Bertz CT molecular complexity index is 640. The number of hydrogen-bond acceptors (Lipinski definition) is 4. The number of benzene rings is 1. The zero-order valence-electron chi connectivity index (χ0n) is 11.9. The molecule has 1 heterocycles. The van der Waals surface area contributed by atoms with Gasteiger partial charge in [0.1, 0.15) is 12.4 Å². The van der Waals surface area contributed by atoms with Crippen LogP contribution in [0.25, 0.3) is 11.4 Å². The Hall–Kier alpha value is -1.96. The first-order valence-electron chi connectivity index (χ1n) is 6.62. The fraction of sp³-hybridized carbons (Fsp3) is 0.429. The smallest absolute Gasteiger partial charge is 0.369 e. The summed E-state index contributed by atoms with van der Waals surface area (Å²) in [4.78, 5) is 3.87. The van der Waals surface area contributed by atoms with E-state index in [9.17, 15) is 17.6 Å². The standard InChI is InChI=1S/C14H14F4N2O2/c1-3-8(2)21-7-12-19-13(20-22-12)10-5-4-9(15)6-11(10)14(16,17)18/h4-6,8H,3,7H2,1-2H3. The molecule has 0 aliphatic heterocycles. The summed E-state index contributed by atoms with van der Waals surface area (Å²) >= 11 is 0. The summed E-state index contributed by atoms with van der Waals surface area (Å²) in [6.45, 7) is 3.78. The summed E-state index contributed by atoms with van der Waals surface area (Å²) in [5.41, 5.74) is -1.49. The van der Waals surface area contributed by atoms with Gasteiger partial charge in [-0.05, 0) is 31.5 Å². The molecule has 0 bridgehead atoms. The number of ether oxygens (including phenoxy) is 1. The van der Waals surface area contributed by atoms with Gasteiger partial charge in [-0.15, -0.1) is 0 Å². The Labute approximate surface area is 124 Å². The Morgan fingerprint density at radius 1 is 1.32 bits per heavy atom. The van der Waals surface area contributed by atoms with Crippen LogP contribution in [0.2, 0.25) is 0 Å². The van der Waals surface area contributed by atoms with Crippen LogP contribution < -0.4 is 0 Å². The van der Waals surface area contributed by atoms with E-state index in [0.29, 0.717) is 6.07 Å². The monoisotopic (exact) mass is 318 g/mol. The van der Waals surface area contributed by atoms with Crippen molar-refractivity contribution in [3.8, 4) is 11.4 Å². The lowest BCUT2D eigenvalue weighted by Gasteiger charge is -2.10. The lowest BCUT2D eigenvalue weighted by atomic mass is 10.1. The Kier molecular flexibility index (Phi) is 4.80. The molecule has 2 rings (SSSR count). The van der Waals surface area contributed by atoms with Gasteiger partial charge in [0.25, 0.3) is 5.89 Å². The van der Waals surface area contributed by atoms with E-state index in [-0.39, 0.29) is 30.0 Å². The minimum Gasteiger partial charge on any atom is -0.369 e. The van der Waals surface area contributed by atoms with E-state index in [0.717, 1.165) is 18.6 Å². The molecular formula is C14H14F4N2O2. The zero-order chi connectivity index (χ0) is 16.3. The Morgan fingerprint density at radius 3 is 2.68 bits per heavy atom. The molecule has 0 spiro atoms. The van der Waals surface area contributed by atoms with Crippen molar-refractivity contribution in [2.24, 2.45) is 0 Å². The molecule has 120 valence electrons. The second-order valence-corrected chi connectivity index (χ2v) is 4.73. The fourth-order valence-electron chi connectivity index (χ4n) is 1.70. The van der Waals surface area contributed by atoms with Crippen LogP contribution in [0.15, 0.2) is 22.7 Å². The van der Waals surface area contributed by atoms with Gasteiger partial charge in [-0.2, -0.15) is 18.2 Å². The Morgan fingerprint density at radius 2 is 2.05 bits per heavy atom. The zero-order valence-corrected chi connectivity index (χ0v) is 11.9. The average Bonchev–Trinajstić information content (AvgIpc) is 2.92. The molecule has 2 aromatic rings. The van der Waals surface area contributed by atoms with Gasteiger partial charge in [0.05, 0.1) is 11.7 Å². The molecule has 0 radical (unpaired) electrons. The van der Waals surface area contributed by atoms with Crippen LogP contribution in [0, 0.1) is 5.82 Å². The van der Waals surface area contributed by atoms with E-state index >= 15 is 0 Å². The van der Waals surface area contributed by atoms with Crippen molar-refractivity contribution in [2.75, 3.05) is 0 Å². The van der Waals surface area contributed by atoms with E-state index in [1.165, 1.54) is 0 Å². The van der Waals surface area contributed by atoms with Gasteiger partial charge in [0.2, 0.25) is 5.82 Å². The highest BCUT2D eigenvalue weighted by Crippen LogP contribution is 2.36. The molecule has 0 aliphatic rings. The maximum atomic E-state index is 13.1. The van der Waals surface area contributed by atoms with E-state index in [1.807, 2.05) is 13.8 Å². The molecule has 8 heteroatoms. The third kappa shape index (κ3) is 3.82. The molecule has 1 aromatic heterocycles. The predicted molar refractivity (Wildman–Crippen MR) is 69.2 cm³/mol. The number of nitrogens with zero attached hydrogens (tertiary/aromatic N) is 2. The molecule has 1 atom stereocenters. The van der Waals surface area contributed by atoms with Gasteiger partial charge in [-0.25, -0.2) is 4.39 Å². The first kappa shape index (κ1) is 16.4. The molecule has 0 aliphatic carbocycles. The number of halogens is 4.